The topological polar surface area (TPSA) is 198 Å². The Kier molecular flexibility index (Phi) is 14.3. The lowest BCUT2D eigenvalue weighted by molar-refractivity contribution is -0.155. The zero-order valence-electron chi connectivity index (χ0n) is 38.9. The predicted octanol–water partition coefficient (Wildman–Crippen LogP) is 4.19. The Bertz CT molecular complexity index is 2440. The number of likely N-dealkylation sites (N-methyl/N-ethyl adjacent to an activating group) is 2. The van der Waals surface area contributed by atoms with Gasteiger partial charge in [0, 0.05) is 94.5 Å². The van der Waals surface area contributed by atoms with Gasteiger partial charge in [-0.2, -0.15) is 0 Å². The molecular formula is C49H64N8O8. The smallest absolute Gasteiger partial charge is 0.324 e. The number of rotatable bonds is 12. The molecule has 16 heteroatoms. The van der Waals surface area contributed by atoms with E-state index < -0.39 is 41.3 Å². The van der Waals surface area contributed by atoms with Crippen LogP contribution in [0.3, 0.4) is 0 Å². The van der Waals surface area contributed by atoms with Crippen molar-refractivity contribution in [3.63, 3.8) is 0 Å². The number of ether oxygens (including phenoxy) is 2. The first kappa shape index (κ1) is 47.1. The molecule has 1 unspecified atom stereocenters. The molecule has 348 valence electrons. The second-order valence-corrected chi connectivity index (χ2v) is 18.8. The Morgan fingerprint density at radius 1 is 1.09 bits per heavy atom. The Labute approximate surface area is 381 Å². The van der Waals surface area contributed by atoms with Gasteiger partial charge in [-0.15, -0.1) is 0 Å². The lowest BCUT2D eigenvalue weighted by Gasteiger charge is -2.37. The number of phenolic OH excluding ortho intramolecular Hbond substituents is 1. The van der Waals surface area contributed by atoms with Gasteiger partial charge in [0.25, 0.3) is 5.91 Å². The summed E-state index contributed by atoms with van der Waals surface area (Å²) in [5.74, 6) is -2.26. The number of aromatic nitrogens is 2. The number of hydrogen-bond acceptors (Lipinski definition) is 11. The van der Waals surface area contributed by atoms with Crippen LogP contribution in [0, 0.1) is 11.3 Å². The zero-order valence-corrected chi connectivity index (χ0v) is 38.9. The number of benzene rings is 2. The molecule has 4 aromatic rings. The van der Waals surface area contributed by atoms with Crippen molar-refractivity contribution < 1.29 is 38.6 Å². The summed E-state index contributed by atoms with van der Waals surface area (Å²) >= 11 is 0. The van der Waals surface area contributed by atoms with E-state index in [4.69, 9.17) is 9.47 Å². The number of methoxy groups -OCH3 is 1. The number of phenols is 1. The van der Waals surface area contributed by atoms with Crippen LogP contribution in [-0.4, -0.2) is 131 Å². The molecular weight excluding hydrogens is 829 g/mol. The van der Waals surface area contributed by atoms with Gasteiger partial charge in [0.15, 0.2) is 0 Å². The Balaban J connectivity index is 1.28. The number of pyridine rings is 1. The lowest BCUT2D eigenvalue weighted by atomic mass is 9.84. The monoisotopic (exact) mass is 892 g/mol. The predicted molar refractivity (Wildman–Crippen MR) is 246 cm³/mol. The summed E-state index contributed by atoms with van der Waals surface area (Å²) in [4.78, 5) is 76.4. The summed E-state index contributed by atoms with van der Waals surface area (Å²) in [6, 6.07) is 10.2. The molecule has 4 N–H and O–H groups in total. The Hall–Kier alpha value is -5.84. The number of cyclic esters (lactones) is 1. The molecule has 4 atom stereocenters. The largest absolute Gasteiger partial charge is 0.508 e. The molecule has 2 fully saturated rings. The van der Waals surface area contributed by atoms with Crippen molar-refractivity contribution in [1.82, 2.24) is 40.4 Å². The standard InChI is InChI=1S/C49H64N8O8/c1-9-56-41-13-12-31-23-35(41)36(44(56)37-25-50-16-14-32(37)27-64-8)24-49(4,5)28-65-48(63)38-11-10-17-57(53-38)47(62)39(21-30-19-33(31)22-34(58)20-30)52-45(60)43(29(2)3)55(7)42(59)15-18-54(6)46(61)40-26-51-40/h12-14,16,19-20,22-23,25,29,38-40,43,51,53,58H,9-11,15,17-18,21,24,26-28H2,1-8H3,(H,52,60)/t38-,39-,40+,43?/m0/s1. The summed E-state index contributed by atoms with van der Waals surface area (Å²) in [5.41, 5.74) is 9.72. The number of fused-ring (bicyclic) bond motifs is 6. The van der Waals surface area contributed by atoms with Gasteiger partial charge in [0.05, 0.1) is 24.9 Å². The maximum atomic E-state index is 14.7. The van der Waals surface area contributed by atoms with Crippen molar-refractivity contribution in [2.45, 2.75) is 104 Å². The molecule has 0 aliphatic carbocycles. The summed E-state index contributed by atoms with van der Waals surface area (Å²) in [7, 11) is 4.88. The van der Waals surface area contributed by atoms with Crippen LogP contribution in [0.1, 0.15) is 70.6 Å². The van der Waals surface area contributed by atoms with Gasteiger partial charge in [0.1, 0.15) is 23.9 Å². The first-order valence-electron chi connectivity index (χ1n) is 22.7. The Morgan fingerprint density at radius 3 is 2.57 bits per heavy atom. The van der Waals surface area contributed by atoms with E-state index in [1.54, 1.807) is 39.5 Å². The maximum Gasteiger partial charge on any atom is 0.324 e. The van der Waals surface area contributed by atoms with Crippen LogP contribution < -0.4 is 16.1 Å². The molecule has 3 aliphatic rings. The average Bonchev–Trinajstić information content (AvgIpc) is 4.09. The van der Waals surface area contributed by atoms with E-state index in [1.165, 1.54) is 14.8 Å². The van der Waals surface area contributed by atoms with Crippen LogP contribution in [0.15, 0.2) is 54.9 Å². The minimum Gasteiger partial charge on any atom is -0.508 e. The third kappa shape index (κ3) is 10.5. The summed E-state index contributed by atoms with van der Waals surface area (Å²) in [5, 5.41) is 19.6. The van der Waals surface area contributed by atoms with E-state index in [9.17, 15) is 29.1 Å². The Morgan fingerprint density at radius 2 is 1.86 bits per heavy atom. The average molecular weight is 893 g/mol. The number of aromatic hydroxyl groups is 1. The fraction of sp³-hybridized carbons (Fsp3) is 0.510. The number of carbonyl (C=O) groups is 5. The zero-order chi connectivity index (χ0) is 46.7. The normalized spacial score (nSPS) is 20.2. The van der Waals surface area contributed by atoms with Crippen LogP contribution in [0.4, 0.5) is 0 Å². The van der Waals surface area contributed by atoms with Gasteiger partial charge in [0.2, 0.25) is 17.7 Å². The number of aryl methyl sites for hydroxylation is 1. The number of esters is 1. The minimum atomic E-state index is -1.16. The summed E-state index contributed by atoms with van der Waals surface area (Å²) in [6.07, 6.45) is 5.14. The van der Waals surface area contributed by atoms with E-state index in [-0.39, 0.29) is 62.1 Å². The molecule has 0 radical (unpaired) electrons. The van der Waals surface area contributed by atoms with E-state index >= 15 is 0 Å². The number of amides is 4. The molecule has 4 amide bonds. The van der Waals surface area contributed by atoms with Crippen LogP contribution in [0.5, 0.6) is 5.75 Å². The fourth-order valence-electron chi connectivity index (χ4n) is 9.32. The number of nitrogens with zero attached hydrogens (tertiary/aromatic N) is 5. The molecule has 6 bridgehead atoms. The van der Waals surface area contributed by atoms with E-state index in [0.717, 1.165) is 44.4 Å². The van der Waals surface area contributed by atoms with Crippen molar-refractivity contribution >= 4 is 40.5 Å². The van der Waals surface area contributed by atoms with Crippen LogP contribution >= 0.6 is 0 Å². The van der Waals surface area contributed by atoms with Crippen molar-refractivity contribution in [2.24, 2.45) is 11.3 Å². The second-order valence-electron chi connectivity index (χ2n) is 18.8. The van der Waals surface area contributed by atoms with Crippen molar-refractivity contribution in [2.75, 3.05) is 47.4 Å². The van der Waals surface area contributed by atoms with Gasteiger partial charge in [-0.25, -0.2) is 5.43 Å². The molecule has 3 aliphatic heterocycles. The third-order valence-electron chi connectivity index (χ3n) is 12.8. The quantitative estimate of drug-likeness (QED) is 0.118. The molecule has 7 rings (SSSR count). The first-order valence-corrected chi connectivity index (χ1v) is 22.7. The highest BCUT2D eigenvalue weighted by atomic mass is 16.5. The SMILES string of the molecule is CCn1c(-c2cnccc2COC)c2c3cc(ccc31)-c1cc(O)cc(c1)C[C@H](NC(=O)C(C(C)C)N(C)C(=O)CCN(C)C(=O)[C@H]1CN1)C(=O)N1CCC[C@H](N1)C(=O)OCC(C)(C)C2. The maximum absolute atomic E-state index is 14.7. The van der Waals surface area contributed by atoms with Crippen LogP contribution in [0.25, 0.3) is 33.3 Å². The van der Waals surface area contributed by atoms with E-state index in [2.05, 4.69) is 58.5 Å². The molecule has 2 aromatic carbocycles. The number of carbonyl (C=O) groups excluding carboxylic acids is 5. The van der Waals surface area contributed by atoms with Gasteiger partial charge in [-0.3, -0.25) is 34.0 Å². The molecule has 65 heavy (non-hydrogen) atoms. The van der Waals surface area contributed by atoms with Crippen molar-refractivity contribution in [3.05, 3.63) is 71.5 Å². The molecule has 0 spiro atoms. The van der Waals surface area contributed by atoms with Gasteiger partial charge in [-0.1, -0.05) is 39.8 Å². The van der Waals surface area contributed by atoms with Crippen LogP contribution in [0.2, 0.25) is 0 Å². The highest BCUT2D eigenvalue weighted by molar-refractivity contribution is 5.96. The molecule has 0 saturated carbocycles. The van der Waals surface area contributed by atoms with Gasteiger partial charge < -0.3 is 39.6 Å². The van der Waals surface area contributed by atoms with E-state index in [0.29, 0.717) is 44.5 Å². The molecule has 2 saturated heterocycles. The van der Waals surface area contributed by atoms with Crippen molar-refractivity contribution in [1.29, 1.82) is 0 Å². The number of nitrogens with one attached hydrogen (secondary N) is 3. The molecule has 5 heterocycles. The minimum absolute atomic E-state index is 0.00875. The molecule has 16 nitrogen and oxygen atoms in total. The first-order chi connectivity index (χ1) is 31.0. The fourth-order valence-corrected chi connectivity index (χ4v) is 9.32. The van der Waals surface area contributed by atoms with Crippen molar-refractivity contribution in [3.8, 4) is 28.1 Å². The highest BCUT2D eigenvalue weighted by Gasteiger charge is 2.38. The van der Waals surface area contributed by atoms with Gasteiger partial charge in [-0.05, 0) is 90.3 Å². The highest BCUT2D eigenvalue weighted by Crippen LogP contribution is 2.41. The van der Waals surface area contributed by atoms with Crippen LogP contribution in [-0.2, 0) is 59.4 Å². The summed E-state index contributed by atoms with van der Waals surface area (Å²) in [6.45, 7) is 12.2. The number of hydrogen-bond donors (Lipinski definition) is 4. The summed E-state index contributed by atoms with van der Waals surface area (Å²) < 4.78 is 14.0. The van der Waals surface area contributed by atoms with E-state index in [1.807, 2.05) is 38.2 Å². The molecule has 2 aromatic heterocycles. The van der Waals surface area contributed by atoms with Gasteiger partial charge >= 0.3 is 5.97 Å². The third-order valence-corrected chi connectivity index (χ3v) is 12.8. The lowest BCUT2D eigenvalue weighted by Crippen LogP contribution is -2.62. The number of hydrazine groups is 1. The second kappa shape index (κ2) is 19.7.